The molecular weight excluding hydrogens is 256 g/mol. The van der Waals surface area contributed by atoms with Gasteiger partial charge in [-0.3, -0.25) is 0 Å². The quantitative estimate of drug-likeness (QED) is 0.866. The molecule has 0 unspecified atom stereocenters. The van der Waals surface area contributed by atoms with E-state index in [1.54, 1.807) is 0 Å². The fourth-order valence-corrected chi connectivity index (χ4v) is 1.39. The average molecular weight is 265 g/mol. The highest BCUT2D eigenvalue weighted by molar-refractivity contribution is 9.09. The maximum atomic E-state index is 3.91. The fourth-order valence-electron chi connectivity index (χ4n) is 1.21. The minimum Gasteiger partial charge on any atom is -0.177 e. The number of rotatable bonds is 3. The molecule has 1 aromatic carbocycles. The topological polar surface area (TPSA) is 54.5 Å². The number of aromatic amines is 1. The van der Waals surface area contributed by atoms with Crippen LogP contribution in [0.15, 0.2) is 30.3 Å². The number of tetrazole rings is 1. The summed E-state index contributed by atoms with van der Waals surface area (Å²) < 4.78 is 0. The maximum absolute atomic E-state index is 3.91. The molecule has 0 atom stereocenters. The summed E-state index contributed by atoms with van der Waals surface area (Å²) in [5, 5.41) is 14.6. The zero-order valence-electron chi connectivity index (χ0n) is 7.89. The Labute approximate surface area is 95.5 Å². The lowest BCUT2D eigenvalue weighted by Crippen LogP contribution is -1.81. The van der Waals surface area contributed by atoms with Crippen LogP contribution in [0.25, 0.3) is 17.5 Å². The van der Waals surface area contributed by atoms with E-state index < -0.39 is 0 Å². The summed E-state index contributed by atoms with van der Waals surface area (Å²) in [5.41, 5.74) is 2.11. The van der Waals surface area contributed by atoms with Crippen LogP contribution in [0.2, 0.25) is 0 Å². The van der Waals surface area contributed by atoms with Crippen molar-refractivity contribution in [3.8, 4) is 11.4 Å². The Morgan fingerprint density at radius 3 is 2.67 bits per heavy atom. The summed E-state index contributed by atoms with van der Waals surface area (Å²) in [4.78, 5) is 0. The molecule has 0 bridgehead atoms. The van der Waals surface area contributed by atoms with Gasteiger partial charge >= 0.3 is 0 Å². The summed E-state index contributed by atoms with van der Waals surface area (Å²) in [6, 6.07) is 7.98. The third-order valence-corrected chi connectivity index (χ3v) is 2.29. The predicted molar refractivity (Wildman–Crippen MR) is 62.4 cm³/mol. The standard InChI is InChI=1S/C10H9BrN4/c11-7-1-2-8-3-5-9(6-4-8)10-12-14-15-13-10/h1-6H,7H2,(H,12,13,14,15). The molecule has 0 spiro atoms. The van der Waals surface area contributed by atoms with E-state index in [1.807, 2.05) is 30.3 Å². The zero-order chi connectivity index (χ0) is 10.5. The zero-order valence-corrected chi connectivity index (χ0v) is 9.48. The lowest BCUT2D eigenvalue weighted by Gasteiger charge is -1.95. The number of allylic oxidation sites excluding steroid dienone is 1. The molecule has 0 aliphatic rings. The molecular formula is C10H9BrN4. The van der Waals surface area contributed by atoms with Crippen molar-refractivity contribution >= 4 is 22.0 Å². The van der Waals surface area contributed by atoms with Crippen molar-refractivity contribution < 1.29 is 0 Å². The Morgan fingerprint density at radius 1 is 1.27 bits per heavy atom. The lowest BCUT2D eigenvalue weighted by molar-refractivity contribution is 0.881. The Hall–Kier alpha value is -1.49. The van der Waals surface area contributed by atoms with Gasteiger partial charge < -0.3 is 0 Å². The van der Waals surface area contributed by atoms with Gasteiger partial charge in [-0.25, -0.2) is 0 Å². The summed E-state index contributed by atoms with van der Waals surface area (Å²) in [5.74, 6) is 0.617. The Morgan fingerprint density at radius 2 is 2.07 bits per heavy atom. The first-order valence-electron chi connectivity index (χ1n) is 4.46. The maximum Gasteiger partial charge on any atom is 0.204 e. The van der Waals surface area contributed by atoms with E-state index in [0.717, 1.165) is 16.5 Å². The van der Waals surface area contributed by atoms with Crippen LogP contribution in [0.1, 0.15) is 5.56 Å². The highest BCUT2D eigenvalue weighted by atomic mass is 79.9. The molecule has 5 heteroatoms. The van der Waals surface area contributed by atoms with Crippen LogP contribution in [0.5, 0.6) is 0 Å². The molecule has 1 aromatic heterocycles. The van der Waals surface area contributed by atoms with Crippen LogP contribution >= 0.6 is 15.9 Å². The van der Waals surface area contributed by atoms with Crippen molar-refractivity contribution in [1.29, 1.82) is 0 Å². The van der Waals surface area contributed by atoms with Gasteiger partial charge in [0.05, 0.1) is 0 Å². The monoisotopic (exact) mass is 264 g/mol. The highest BCUT2D eigenvalue weighted by Gasteiger charge is 2.00. The second-order valence-electron chi connectivity index (χ2n) is 2.91. The molecule has 76 valence electrons. The second-order valence-corrected chi connectivity index (χ2v) is 3.56. The minimum absolute atomic E-state index is 0.617. The van der Waals surface area contributed by atoms with Crippen LogP contribution in [0, 0.1) is 0 Å². The minimum atomic E-state index is 0.617. The SMILES string of the molecule is BrCC=Cc1ccc(-c2nn[nH]n2)cc1. The van der Waals surface area contributed by atoms with E-state index in [1.165, 1.54) is 0 Å². The van der Waals surface area contributed by atoms with Crippen molar-refractivity contribution in [1.82, 2.24) is 20.6 Å². The van der Waals surface area contributed by atoms with E-state index in [9.17, 15) is 0 Å². The number of alkyl halides is 1. The Kier molecular flexibility index (Phi) is 3.24. The van der Waals surface area contributed by atoms with Gasteiger partial charge in [0.15, 0.2) is 0 Å². The van der Waals surface area contributed by atoms with Gasteiger partial charge in [-0.15, -0.1) is 10.2 Å². The molecule has 0 saturated heterocycles. The van der Waals surface area contributed by atoms with Gasteiger partial charge in [0.1, 0.15) is 0 Å². The van der Waals surface area contributed by atoms with Crippen molar-refractivity contribution in [2.75, 3.05) is 5.33 Å². The number of hydrogen-bond acceptors (Lipinski definition) is 3. The van der Waals surface area contributed by atoms with Gasteiger partial charge in [0.25, 0.3) is 0 Å². The van der Waals surface area contributed by atoms with Crippen LogP contribution in [-0.4, -0.2) is 26.0 Å². The van der Waals surface area contributed by atoms with Crippen molar-refractivity contribution in [2.24, 2.45) is 0 Å². The van der Waals surface area contributed by atoms with Gasteiger partial charge in [-0.2, -0.15) is 5.21 Å². The van der Waals surface area contributed by atoms with Crippen molar-refractivity contribution in [3.63, 3.8) is 0 Å². The lowest BCUT2D eigenvalue weighted by atomic mass is 10.1. The fraction of sp³-hybridized carbons (Fsp3) is 0.100. The van der Waals surface area contributed by atoms with Crippen LogP contribution in [-0.2, 0) is 0 Å². The van der Waals surface area contributed by atoms with Gasteiger partial charge in [-0.05, 0) is 10.8 Å². The summed E-state index contributed by atoms with van der Waals surface area (Å²) >= 11 is 3.33. The molecule has 0 saturated carbocycles. The molecule has 0 radical (unpaired) electrons. The first-order valence-corrected chi connectivity index (χ1v) is 5.58. The normalized spacial score (nSPS) is 11.0. The van der Waals surface area contributed by atoms with Gasteiger partial charge in [-0.1, -0.05) is 52.3 Å². The molecule has 0 amide bonds. The number of halogens is 1. The predicted octanol–water partition coefficient (Wildman–Crippen LogP) is 2.27. The summed E-state index contributed by atoms with van der Waals surface area (Å²) in [6.07, 6.45) is 4.10. The van der Waals surface area contributed by atoms with Crippen molar-refractivity contribution in [2.45, 2.75) is 0 Å². The number of benzene rings is 1. The number of aromatic nitrogens is 4. The smallest absolute Gasteiger partial charge is 0.177 e. The third kappa shape index (κ3) is 2.50. The van der Waals surface area contributed by atoms with Crippen LogP contribution in [0.4, 0.5) is 0 Å². The second kappa shape index (κ2) is 4.84. The van der Waals surface area contributed by atoms with Crippen LogP contribution < -0.4 is 0 Å². The van der Waals surface area contributed by atoms with Crippen molar-refractivity contribution in [3.05, 3.63) is 35.9 Å². The number of H-pyrrole nitrogens is 1. The highest BCUT2D eigenvalue weighted by Crippen LogP contribution is 2.14. The van der Waals surface area contributed by atoms with Crippen LogP contribution in [0.3, 0.4) is 0 Å². The van der Waals surface area contributed by atoms with E-state index in [4.69, 9.17) is 0 Å². The molecule has 15 heavy (non-hydrogen) atoms. The van der Waals surface area contributed by atoms with Gasteiger partial charge in [0, 0.05) is 10.9 Å². The first kappa shape index (κ1) is 10.0. The molecule has 0 aliphatic carbocycles. The molecule has 0 fully saturated rings. The molecule has 4 nitrogen and oxygen atoms in total. The molecule has 2 rings (SSSR count). The average Bonchev–Trinajstić information content (AvgIpc) is 2.80. The van der Waals surface area contributed by atoms with E-state index in [-0.39, 0.29) is 0 Å². The Balaban J connectivity index is 2.21. The third-order valence-electron chi connectivity index (χ3n) is 1.91. The Bertz CT molecular complexity index is 433. The number of hydrogen-bond donors (Lipinski definition) is 1. The van der Waals surface area contributed by atoms with E-state index in [0.29, 0.717) is 5.82 Å². The summed E-state index contributed by atoms with van der Waals surface area (Å²) in [7, 11) is 0. The molecule has 0 aliphatic heterocycles. The van der Waals surface area contributed by atoms with Gasteiger partial charge in [0.2, 0.25) is 5.82 Å². The van der Waals surface area contributed by atoms with E-state index in [2.05, 4.69) is 42.6 Å². The van der Waals surface area contributed by atoms with E-state index >= 15 is 0 Å². The number of nitrogens with one attached hydrogen (secondary N) is 1. The largest absolute Gasteiger partial charge is 0.204 e. The number of nitrogens with zero attached hydrogens (tertiary/aromatic N) is 3. The molecule has 1 heterocycles. The molecule has 1 N–H and O–H groups in total. The summed E-state index contributed by atoms with van der Waals surface area (Å²) in [6.45, 7) is 0. The first-order chi connectivity index (χ1) is 7.40. The molecule has 2 aromatic rings.